The van der Waals surface area contributed by atoms with Crippen molar-refractivity contribution in [2.45, 2.75) is 227 Å². The number of allylic oxidation sites excluding steroid dienone is 1. The zero-order valence-electron chi connectivity index (χ0n) is 43.7. The number of aliphatic hydroxyl groups excluding tert-OH is 12. The summed E-state index contributed by atoms with van der Waals surface area (Å²) in [4.78, 5) is 13.0. The Balaban J connectivity index is 0.861. The highest BCUT2D eigenvalue weighted by molar-refractivity contribution is 5.66. The molecular weight excluding hydrogens is 1010 g/mol. The van der Waals surface area contributed by atoms with Crippen molar-refractivity contribution in [3.8, 4) is 0 Å². The van der Waals surface area contributed by atoms with Gasteiger partial charge >= 0.3 is 5.97 Å². The van der Waals surface area contributed by atoms with Crippen LogP contribution in [0.15, 0.2) is 11.6 Å². The predicted molar refractivity (Wildman–Crippen MR) is 253 cm³/mol. The van der Waals surface area contributed by atoms with E-state index in [0.29, 0.717) is 36.7 Å². The van der Waals surface area contributed by atoms with Gasteiger partial charge in [-0.2, -0.15) is 0 Å². The molecule has 4 aliphatic carbocycles. The minimum atomic E-state index is -2.03. The fraction of sp³-hybridized carbons (Fsp3) is 0.942. The van der Waals surface area contributed by atoms with E-state index in [9.17, 15) is 66.1 Å². The Labute approximate surface area is 441 Å². The Kier molecular flexibility index (Phi) is 16.8. The summed E-state index contributed by atoms with van der Waals surface area (Å²) in [5.74, 6) is 1.04. The SMILES string of the molecule is CC(=O)O[C@@H]1C[C@H](O[C@@H]2O[C@H](CO)[C@H](O[C@@H]3O[C@H](CO)[C@@H](O)[C@H](O[C@@H]4OC[C@@H](O)[C@H](O)[C@H]4O)[C@H]3O[C@@H]3O[C@H](CO)[C@@H](O)[C@H](O)[C@H]3O)[C@@H](O)[C@H]2O)CC2=CC[C@H]3[C@@H]4C[C@@H]5O[C@]6(CC[C@H](C)CO6)[C@@H](C)[C@@H]5[C@@]4(C)CC[C@@H]3[C@]21C. The van der Waals surface area contributed by atoms with Crippen molar-refractivity contribution >= 4 is 5.97 Å². The zero-order chi connectivity index (χ0) is 54.5. The summed E-state index contributed by atoms with van der Waals surface area (Å²) in [6, 6.07) is 0. The molecule has 10 aliphatic rings. The molecule has 76 heavy (non-hydrogen) atoms. The van der Waals surface area contributed by atoms with Crippen LogP contribution in [0.1, 0.15) is 86.0 Å². The van der Waals surface area contributed by atoms with Crippen LogP contribution >= 0.6 is 0 Å². The standard InChI is InChI=1S/C52H82O24/c1-20-8-11-52(67-18-20)21(2)34-29(76-52)14-27-25-7-6-23-12-24(13-33(68-22(3)56)51(23,5)26(25)9-10-50(27,34)4)69-47-42(65)39(62)43(32(17-55)72-47)73-49-45(75-48-41(64)38(61)36(59)30(15-53)70-48)44(37(60)31(16-54)71-49)74-46-40(63)35(58)28(57)19-66-46/h6,20-21,24-49,53-55,57-65H,7-19H2,1-5H3/t20-,21-,24+,25+,26-,27-,28+,29-,30+,31+,32+,33+,34-,35-,36+,37+,38-,39-,40+,41+,42+,43-,44-,45+,46-,47+,48-,49-,50-,51-,52+/m0/s1. The molecule has 0 aromatic carbocycles. The molecule has 1 spiro atoms. The monoisotopic (exact) mass is 1090 g/mol. The Morgan fingerprint density at radius 3 is 1.97 bits per heavy atom. The summed E-state index contributed by atoms with van der Waals surface area (Å²) in [5.41, 5.74) is 0.563. The van der Waals surface area contributed by atoms with E-state index in [2.05, 4.69) is 33.8 Å². The van der Waals surface area contributed by atoms with Crippen LogP contribution in [0.25, 0.3) is 0 Å². The summed E-state index contributed by atoms with van der Waals surface area (Å²) in [6.45, 7) is 8.13. The number of hydrogen-bond donors (Lipinski definition) is 12. The first kappa shape index (κ1) is 57.6. The number of ether oxygens (including phenoxy) is 11. The van der Waals surface area contributed by atoms with Gasteiger partial charge in [0.1, 0.15) is 97.7 Å². The van der Waals surface area contributed by atoms with Crippen LogP contribution < -0.4 is 0 Å². The first-order chi connectivity index (χ1) is 36.1. The number of carbonyl (C=O) groups is 1. The highest BCUT2D eigenvalue weighted by atomic mass is 16.8. The molecular formula is C52H82O24. The fourth-order valence-corrected chi connectivity index (χ4v) is 15.7. The summed E-state index contributed by atoms with van der Waals surface area (Å²) in [5, 5.41) is 130. The number of hydrogen-bond acceptors (Lipinski definition) is 24. The molecule has 6 saturated heterocycles. The van der Waals surface area contributed by atoms with Crippen molar-refractivity contribution in [3.05, 3.63) is 11.6 Å². The van der Waals surface area contributed by atoms with Crippen LogP contribution in [0.4, 0.5) is 0 Å². The van der Waals surface area contributed by atoms with E-state index >= 15 is 0 Å². The topological polar surface area (TPSA) is 361 Å². The van der Waals surface area contributed by atoms with Crippen LogP contribution in [0.2, 0.25) is 0 Å². The van der Waals surface area contributed by atoms with Gasteiger partial charge in [0.05, 0.1) is 45.2 Å². The molecule has 0 unspecified atom stereocenters. The van der Waals surface area contributed by atoms with Gasteiger partial charge in [-0.05, 0) is 73.5 Å². The van der Waals surface area contributed by atoms with Gasteiger partial charge in [-0.1, -0.05) is 39.3 Å². The van der Waals surface area contributed by atoms with Crippen molar-refractivity contribution in [1.29, 1.82) is 0 Å². The van der Waals surface area contributed by atoms with Crippen molar-refractivity contribution < 1.29 is 118 Å². The van der Waals surface area contributed by atoms with E-state index in [0.717, 1.165) is 44.1 Å². The molecule has 0 radical (unpaired) electrons. The van der Waals surface area contributed by atoms with Crippen molar-refractivity contribution in [2.75, 3.05) is 33.0 Å². The normalized spacial score (nSPS) is 55.2. The lowest BCUT2D eigenvalue weighted by atomic mass is 9.46. The van der Waals surface area contributed by atoms with E-state index < -0.39 is 173 Å². The quantitative estimate of drug-likeness (QED) is 0.0693. The molecule has 0 amide bonds. The zero-order valence-corrected chi connectivity index (χ0v) is 43.7. The molecule has 24 heteroatoms. The molecule has 0 aromatic rings. The molecule has 3 saturated carbocycles. The van der Waals surface area contributed by atoms with Gasteiger partial charge in [0.25, 0.3) is 0 Å². The van der Waals surface area contributed by atoms with Gasteiger partial charge in [-0.25, -0.2) is 0 Å². The molecule has 6 aliphatic heterocycles. The minimum absolute atomic E-state index is 0.0438. The molecule has 434 valence electrons. The van der Waals surface area contributed by atoms with Gasteiger partial charge in [-0.15, -0.1) is 0 Å². The summed E-state index contributed by atoms with van der Waals surface area (Å²) < 4.78 is 67.6. The maximum Gasteiger partial charge on any atom is 0.302 e. The number of fused-ring (bicyclic) bond motifs is 7. The number of aliphatic hydroxyl groups is 12. The van der Waals surface area contributed by atoms with E-state index in [4.69, 9.17) is 52.1 Å². The number of esters is 1. The molecule has 0 bridgehead atoms. The van der Waals surface area contributed by atoms with Gasteiger partial charge in [0, 0.05) is 31.1 Å². The molecule has 12 N–H and O–H groups in total. The van der Waals surface area contributed by atoms with Crippen LogP contribution in [-0.4, -0.2) is 241 Å². The summed E-state index contributed by atoms with van der Waals surface area (Å²) in [6.07, 6.45) is -26.7. The number of carbonyl (C=O) groups excluding carboxylic acids is 1. The Morgan fingerprint density at radius 1 is 0.658 bits per heavy atom. The second-order valence-electron chi connectivity index (χ2n) is 24.1. The van der Waals surface area contributed by atoms with Gasteiger partial charge in [-0.3, -0.25) is 4.79 Å². The molecule has 6 heterocycles. The largest absolute Gasteiger partial charge is 0.462 e. The number of rotatable bonds is 12. The van der Waals surface area contributed by atoms with Gasteiger partial charge in [0.2, 0.25) is 0 Å². The third-order valence-electron chi connectivity index (χ3n) is 19.8. The van der Waals surface area contributed by atoms with Crippen LogP contribution in [0, 0.1) is 46.3 Å². The molecule has 31 atom stereocenters. The fourth-order valence-electron chi connectivity index (χ4n) is 15.7. The summed E-state index contributed by atoms with van der Waals surface area (Å²) >= 11 is 0. The average molecular weight is 1090 g/mol. The lowest BCUT2D eigenvalue weighted by Crippen LogP contribution is -2.68. The Bertz CT molecular complexity index is 2040. The lowest BCUT2D eigenvalue weighted by Gasteiger charge is -2.60. The second kappa shape index (κ2) is 22.2. The summed E-state index contributed by atoms with van der Waals surface area (Å²) in [7, 11) is 0. The van der Waals surface area contributed by atoms with Crippen LogP contribution in [0.3, 0.4) is 0 Å². The van der Waals surface area contributed by atoms with E-state index in [1.54, 1.807) is 0 Å². The average Bonchev–Trinajstić information content (AvgIpc) is 3.99. The predicted octanol–water partition coefficient (Wildman–Crippen LogP) is -2.81. The molecule has 10 rings (SSSR count). The highest BCUT2D eigenvalue weighted by Gasteiger charge is 2.70. The van der Waals surface area contributed by atoms with Crippen molar-refractivity contribution in [3.63, 3.8) is 0 Å². The van der Waals surface area contributed by atoms with E-state index in [-0.39, 0.29) is 29.8 Å². The first-order valence-corrected chi connectivity index (χ1v) is 27.4. The van der Waals surface area contributed by atoms with E-state index in [1.807, 2.05) is 0 Å². The molecule has 0 aromatic heterocycles. The molecule has 24 nitrogen and oxygen atoms in total. The lowest BCUT2D eigenvalue weighted by molar-refractivity contribution is -0.404. The van der Waals surface area contributed by atoms with E-state index in [1.165, 1.54) is 6.92 Å². The Morgan fingerprint density at radius 2 is 1.29 bits per heavy atom. The first-order valence-electron chi connectivity index (χ1n) is 27.4. The van der Waals surface area contributed by atoms with Crippen LogP contribution in [0.5, 0.6) is 0 Å². The molecule has 9 fully saturated rings. The highest BCUT2D eigenvalue weighted by Crippen LogP contribution is 2.71. The Hall–Kier alpha value is -1.67. The third kappa shape index (κ3) is 9.85. The second-order valence-corrected chi connectivity index (χ2v) is 24.1. The minimum Gasteiger partial charge on any atom is -0.462 e. The van der Waals surface area contributed by atoms with Gasteiger partial charge in [0.15, 0.2) is 30.9 Å². The maximum absolute atomic E-state index is 13.0. The smallest absolute Gasteiger partial charge is 0.302 e. The maximum atomic E-state index is 13.0. The van der Waals surface area contributed by atoms with Crippen LogP contribution in [-0.2, 0) is 56.9 Å². The van der Waals surface area contributed by atoms with Crippen molar-refractivity contribution in [2.24, 2.45) is 46.3 Å². The third-order valence-corrected chi connectivity index (χ3v) is 19.8. The van der Waals surface area contributed by atoms with Crippen molar-refractivity contribution in [1.82, 2.24) is 0 Å². The van der Waals surface area contributed by atoms with Gasteiger partial charge < -0.3 is 113 Å².